The molecule has 1 aliphatic heterocycles. The normalized spacial score (nSPS) is 20.1. The van der Waals surface area contributed by atoms with E-state index in [0.29, 0.717) is 13.0 Å². The summed E-state index contributed by atoms with van der Waals surface area (Å²) in [4.78, 5) is 12.0. The van der Waals surface area contributed by atoms with E-state index in [1.165, 1.54) is 0 Å². The molecule has 1 fully saturated rings. The number of halogens is 1. The molecule has 0 bridgehead atoms. The molecule has 6 heteroatoms. The van der Waals surface area contributed by atoms with Gasteiger partial charge >= 0.3 is 0 Å². The van der Waals surface area contributed by atoms with Crippen molar-refractivity contribution in [1.82, 2.24) is 15.1 Å². The van der Waals surface area contributed by atoms with Gasteiger partial charge in [-0.25, -0.2) is 0 Å². The van der Waals surface area contributed by atoms with Crippen molar-refractivity contribution < 1.29 is 9.53 Å². The predicted octanol–water partition coefficient (Wildman–Crippen LogP) is 2.34. The molecule has 0 saturated carbocycles. The number of nitrogens with one attached hydrogen (secondary N) is 1. The molecule has 2 rings (SSSR count). The van der Waals surface area contributed by atoms with Crippen LogP contribution in [0, 0.1) is 13.8 Å². The Bertz CT molecular complexity index is 481. The van der Waals surface area contributed by atoms with Gasteiger partial charge in [0, 0.05) is 18.7 Å². The summed E-state index contributed by atoms with van der Waals surface area (Å²) in [5, 5.41) is 7.42. The van der Waals surface area contributed by atoms with E-state index in [4.69, 9.17) is 4.74 Å². The number of aromatic nitrogens is 2. The van der Waals surface area contributed by atoms with E-state index in [0.717, 1.165) is 35.3 Å². The average Bonchev–Trinajstić information content (AvgIpc) is 3.02. The van der Waals surface area contributed by atoms with Crippen LogP contribution in [0.5, 0.6) is 0 Å². The second-order valence-electron chi connectivity index (χ2n) is 5.37. The molecule has 1 aromatic rings. The Balaban J connectivity index is 1.81. The van der Waals surface area contributed by atoms with Crippen LogP contribution in [-0.2, 0) is 16.1 Å². The third-order valence-corrected chi connectivity index (χ3v) is 4.90. The van der Waals surface area contributed by atoms with Crippen molar-refractivity contribution >= 4 is 21.8 Å². The van der Waals surface area contributed by atoms with Crippen LogP contribution in [-0.4, -0.2) is 34.4 Å². The average molecular weight is 344 g/mol. The van der Waals surface area contributed by atoms with Crippen molar-refractivity contribution in [3.8, 4) is 0 Å². The molecule has 1 N–H and O–H groups in total. The maximum atomic E-state index is 12.0. The molecule has 1 saturated heterocycles. The molecule has 20 heavy (non-hydrogen) atoms. The Hall–Kier alpha value is -0.880. The Kier molecular flexibility index (Phi) is 5.21. The maximum Gasteiger partial charge on any atom is 0.222 e. The van der Waals surface area contributed by atoms with Gasteiger partial charge in [-0.15, -0.1) is 0 Å². The first kappa shape index (κ1) is 15.5. The third kappa shape index (κ3) is 3.61. The summed E-state index contributed by atoms with van der Waals surface area (Å²) in [7, 11) is 0. The zero-order chi connectivity index (χ0) is 14.7. The number of nitrogens with zero attached hydrogens (tertiary/aromatic N) is 2. The topological polar surface area (TPSA) is 56.2 Å². The van der Waals surface area contributed by atoms with Gasteiger partial charge in [0.2, 0.25) is 5.91 Å². The lowest BCUT2D eigenvalue weighted by molar-refractivity contribution is -0.122. The number of carbonyl (C=O) groups excluding carboxylic acids is 1. The van der Waals surface area contributed by atoms with Crippen molar-refractivity contribution in [3.05, 3.63) is 15.9 Å². The van der Waals surface area contributed by atoms with Crippen LogP contribution >= 0.6 is 15.9 Å². The van der Waals surface area contributed by atoms with Crippen LogP contribution in [0.2, 0.25) is 0 Å². The highest BCUT2D eigenvalue weighted by atomic mass is 79.9. The van der Waals surface area contributed by atoms with Gasteiger partial charge in [-0.2, -0.15) is 5.10 Å². The maximum absolute atomic E-state index is 12.0. The fourth-order valence-corrected chi connectivity index (χ4v) is 2.80. The van der Waals surface area contributed by atoms with Crippen LogP contribution < -0.4 is 5.32 Å². The molecule has 1 aromatic heterocycles. The van der Waals surface area contributed by atoms with Crippen molar-refractivity contribution in [3.63, 3.8) is 0 Å². The lowest BCUT2D eigenvalue weighted by atomic mass is 10.1. The molecule has 5 nitrogen and oxygen atoms in total. The van der Waals surface area contributed by atoms with Gasteiger partial charge in [0.15, 0.2) is 0 Å². The number of aryl methyl sites for hydroxylation is 2. The highest BCUT2D eigenvalue weighted by Gasteiger charge is 2.23. The van der Waals surface area contributed by atoms with E-state index >= 15 is 0 Å². The SMILES string of the molecule is Cc1nn(CCC(=O)N[C@H](C)[C@@H]2CCCO2)c(C)c1Br. The first-order chi connectivity index (χ1) is 9.49. The largest absolute Gasteiger partial charge is 0.376 e. The summed E-state index contributed by atoms with van der Waals surface area (Å²) in [6.07, 6.45) is 2.73. The van der Waals surface area contributed by atoms with E-state index < -0.39 is 0 Å². The molecule has 2 atom stereocenters. The van der Waals surface area contributed by atoms with E-state index in [-0.39, 0.29) is 18.1 Å². The zero-order valence-corrected chi connectivity index (χ0v) is 13.9. The van der Waals surface area contributed by atoms with Crippen molar-refractivity contribution in [2.24, 2.45) is 0 Å². The fraction of sp³-hybridized carbons (Fsp3) is 0.714. The number of hydrogen-bond donors (Lipinski definition) is 1. The summed E-state index contributed by atoms with van der Waals surface area (Å²) >= 11 is 3.49. The van der Waals surface area contributed by atoms with Crippen LogP contribution in [0.25, 0.3) is 0 Å². The van der Waals surface area contributed by atoms with E-state index in [1.54, 1.807) is 0 Å². The third-order valence-electron chi connectivity index (χ3n) is 3.76. The number of hydrogen-bond acceptors (Lipinski definition) is 3. The Morgan fingerprint density at radius 1 is 1.60 bits per heavy atom. The van der Waals surface area contributed by atoms with Crippen LogP contribution in [0.4, 0.5) is 0 Å². The monoisotopic (exact) mass is 343 g/mol. The second kappa shape index (κ2) is 6.72. The minimum absolute atomic E-state index is 0.0525. The van der Waals surface area contributed by atoms with Gasteiger partial charge in [-0.05, 0) is 49.5 Å². The smallest absolute Gasteiger partial charge is 0.222 e. The van der Waals surface area contributed by atoms with Crippen molar-refractivity contribution in [2.45, 2.75) is 58.7 Å². The Morgan fingerprint density at radius 2 is 2.35 bits per heavy atom. The summed E-state index contributed by atoms with van der Waals surface area (Å²) in [5.74, 6) is 0.0525. The van der Waals surface area contributed by atoms with Crippen molar-refractivity contribution in [2.75, 3.05) is 6.61 Å². The molecule has 1 amide bonds. The molecular weight excluding hydrogens is 322 g/mol. The summed E-state index contributed by atoms with van der Waals surface area (Å²) in [6.45, 7) is 7.37. The van der Waals surface area contributed by atoms with E-state index in [2.05, 4.69) is 26.3 Å². The predicted molar refractivity (Wildman–Crippen MR) is 80.6 cm³/mol. The first-order valence-electron chi connectivity index (χ1n) is 7.09. The minimum Gasteiger partial charge on any atom is -0.376 e. The van der Waals surface area contributed by atoms with Crippen molar-refractivity contribution in [1.29, 1.82) is 0 Å². The Labute approximate surface area is 128 Å². The summed E-state index contributed by atoms with van der Waals surface area (Å²) < 4.78 is 8.47. The molecule has 0 aliphatic carbocycles. The molecule has 0 aromatic carbocycles. The van der Waals surface area contributed by atoms with E-state index in [1.807, 2.05) is 25.5 Å². The number of ether oxygens (including phenoxy) is 1. The highest BCUT2D eigenvalue weighted by Crippen LogP contribution is 2.20. The van der Waals surface area contributed by atoms with Gasteiger partial charge in [0.25, 0.3) is 0 Å². The molecule has 112 valence electrons. The van der Waals surface area contributed by atoms with Gasteiger partial charge < -0.3 is 10.1 Å². The van der Waals surface area contributed by atoms with Crippen LogP contribution in [0.3, 0.4) is 0 Å². The van der Waals surface area contributed by atoms with Crippen LogP contribution in [0.15, 0.2) is 4.47 Å². The van der Waals surface area contributed by atoms with Gasteiger partial charge in [0.1, 0.15) is 0 Å². The first-order valence-corrected chi connectivity index (χ1v) is 7.89. The van der Waals surface area contributed by atoms with Gasteiger partial charge in [0.05, 0.1) is 28.9 Å². The standard InChI is InChI=1S/C14H22BrN3O2/c1-9(12-5-4-8-20-12)16-13(19)6-7-18-11(3)14(15)10(2)17-18/h9,12H,4-8H2,1-3H3,(H,16,19)/t9-,12+/m1/s1. The number of carbonyl (C=O) groups is 1. The highest BCUT2D eigenvalue weighted by molar-refractivity contribution is 9.10. The number of rotatable bonds is 5. The zero-order valence-electron chi connectivity index (χ0n) is 12.3. The molecule has 0 radical (unpaired) electrons. The molecule has 1 aliphatic rings. The second-order valence-corrected chi connectivity index (χ2v) is 6.16. The molecule has 2 heterocycles. The summed E-state index contributed by atoms with van der Waals surface area (Å²) in [6, 6.07) is 0.0807. The molecule has 0 spiro atoms. The lowest BCUT2D eigenvalue weighted by Crippen LogP contribution is -2.41. The fourth-order valence-electron chi connectivity index (χ4n) is 2.52. The van der Waals surface area contributed by atoms with Gasteiger partial charge in [-0.3, -0.25) is 9.48 Å². The Morgan fingerprint density at radius 3 is 2.90 bits per heavy atom. The minimum atomic E-state index is 0.0525. The summed E-state index contributed by atoms with van der Waals surface area (Å²) in [5.41, 5.74) is 2.01. The lowest BCUT2D eigenvalue weighted by Gasteiger charge is -2.20. The van der Waals surface area contributed by atoms with E-state index in [9.17, 15) is 4.79 Å². The van der Waals surface area contributed by atoms with Crippen LogP contribution in [0.1, 0.15) is 37.6 Å². The molecule has 0 unspecified atom stereocenters. The quantitative estimate of drug-likeness (QED) is 0.892. The van der Waals surface area contributed by atoms with Gasteiger partial charge in [-0.1, -0.05) is 0 Å². The number of amides is 1. The molecular formula is C14H22BrN3O2.